The SMILES string of the molecule is NC(=S)NC(=O)Cc1cccs1. The first-order valence-corrected chi connectivity index (χ1v) is 4.59. The highest BCUT2D eigenvalue weighted by molar-refractivity contribution is 7.80. The number of thiocarbonyl (C=S) groups is 1. The fourth-order valence-corrected chi connectivity index (χ4v) is 1.57. The van der Waals surface area contributed by atoms with Crippen LogP contribution in [0.2, 0.25) is 0 Å². The lowest BCUT2D eigenvalue weighted by Gasteiger charge is -1.99. The van der Waals surface area contributed by atoms with Crippen molar-refractivity contribution in [2.24, 2.45) is 5.73 Å². The van der Waals surface area contributed by atoms with Gasteiger partial charge >= 0.3 is 0 Å². The van der Waals surface area contributed by atoms with E-state index in [0.717, 1.165) is 4.88 Å². The molecule has 0 aliphatic heterocycles. The minimum Gasteiger partial charge on any atom is -0.376 e. The monoisotopic (exact) mass is 200 g/mol. The second-order valence-electron chi connectivity index (χ2n) is 2.17. The van der Waals surface area contributed by atoms with Crippen LogP contribution in [-0.2, 0) is 11.2 Å². The van der Waals surface area contributed by atoms with Crippen molar-refractivity contribution < 1.29 is 4.79 Å². The lowest BCUT2D eigenvalue weighted by atomic mass is 10.3. The van der Waals surface area contributed by atoms with E-state index in [9.17, 15) is 4.79 Å². The number of rotatable bonds is 2. The van der Waals surface area contributed by atoms with Crippen LogP contribution in [0.15, 0.2) is 17.5 Å². The molecule has 1 rings (SSSR count). The Morgan fingerprint density at radius 3 is 3.00 bits per heavy atom. The molecule has 0 saturated carbocycles. The van der Waals surface area contributed by atoms with Gasteiger partial charge < -0.3 is 11.1 Å². The minimum absolute atomic E-state index is 0.0246. The van der Waals surface area contributed by atoms with Crippen LogP contribution in [0.4, 0.5) is 0 Å². The number of nitrogens with two attached hydrogens (primary N) is 1. The van der Waals surface area contributed by atoms with E-state index in [1.165, 1.54) is 11.3 Å². The van der Waals surface area contributed by atoms with Gasteiger partial charge in [-0.05, 0) is 23.7 Å². The van der Waals surface area contributed by atoms with Crippen LogP contribution in [0.5, 0.6) is 0 Å². The maximum atomic E-state index is 11.0. The molecule has 1 aromatic rings. The molecule has 0 spiro atoms. The van der Waals surface area contributed by atoms with Crippen molar-refractivity contribution in [2.45, 2.75) is 6.42 Å². The molecule has 0 aliphatic carbocycles. The van der Waals surface area contributed by atoms with E-state index in [1.807, 2.05) is 17.5 Å². The molecular formula is C7H8N2OS2. The van der Waals surface area contributed by atoms with Crippen LogP contribution >= 0.6 is 23.6 Å². The van der Waals surface area contributed by atoms with E-state index in [1.54, 1.807) is 0 Å². The van der Waals surface area contributed by atoms with Gasteiger partial charge in [0, 0.05) is 4.88 Å². The molecule has 0 fully saturated rings. The molecule has 0 aliphatic rings. The summed E-state index contributed by atoms with van der Waals surface area (Å²) in [5.74, 6) is -0.162. The van der Waals surface area contributed by atoms with Gasteiger partial charge in [-0.15, -0.1) is 11.3 Å². The Bertz CT molecular complexity index is 282. The maximum absolute atomic E-state index is 11.0. The molecule has 1 heterocycles. The van der Waals surface area contributed by atoms with Crippen LogP contribution in [0.25, 0.3) is 0 Å². The molecule has 0 radical (unpaired) electrons. The molecule has 0 unspecified atom stereocenters. The summed E-state index contributed by atoms with van der Waals surface area (Å²) >= 11 is 6.05. The first-order valence-electron chi connectivity index (χ1n) is 3.30. The van der Waals surface area contributed by atoms with Crippen LogP contribution in [0.1, 0.15) is 4.88 Å². The molecule has 1 amide bonds. The van der Waals surface area contributed by atoms with Gasteiger partial charge in [-0.3, -0.25) is 4.79 Å². The van der Waals surface area contributed by atoms with Gasteiger partial charge in [0.25, 0.3) is 0 Å². The number of nitrogens with one attached hydrogen (secondary N) is 1. The van der Waals surface area contributed by atoms with Crippen molar-refractivity contribution in [1.29, 1.82) is 0 Å². The number of amides is 1. The van der Waals surface area contributed by atoms with Crippen molar-refractivity contribution in [3.05, 3.63) is 22.4 Å². The molecular weight excluding hydrogens is 192 g/mol. The van der Waals surface area contributed by atoms with Gasteiger partial charge in [0.05, 0.1) is 6.42 Å². The highest BCUT2D eigenvalue weighted by Crippen LogP contribution is 2.08. The summed E-state index contributed by atoms with van der Waals surface area (Å²) in [7, 11) is 0. The summed E-state index contributed by atoms with van der Waals surface area (Å²) in [6.45, 7) is 0. The molecule has 5 heteroatoms. The Labute approximate surface area is 79.6 Å². The van der Waals surface area contributed by atoms with Crippen molar-refractivity contribution in [1.82, 2.24) is 5.32 Å². The molecule has 3 N–H and O–H groups in total. The van der Waals surface area contributed by atoms with Gasteiger partial charge in [0.2, 0.25) is 5.91 Å². The lowest BCUT2D eigenvalue weighted by molar-refractivity contribution is -0.118. The zero-order valence-corrected chi connectivity index (χ0v) is 7.87. The lowest BCUT2D eigenvalue weighted by Crippen LogP contribution is -2.35. The summed E-state index contributed by atoms with van der Waals surface area (Å²) in [5.41, 5.74) is 5.13. The van der Waals surface area contributed by atoms with E-state index < -0.39 is 0 Å². The molecule has 1 aromatic heterocycles. The third-order valence-corrected chi connectivity index (χ3v) is 2.16. The molecule has 0 aromatic carbocycles. The average Bonchev–Trinajstić information content (AvgIpc) is 2.37. The van der Waals surface area contributed by atoms with Crippen LogP contribution < -0.4 is 11.1 Å². The smallest absolute Gasteiger partial charge is 0.231 e. The summed E-state index contributed by atoms with van der Waals surface area (Å²) in [5, 5.41) is 4.30. The number of carbonyl (C=O) groups is 1. The summed E-state index contributed by atoms with van der Waals surface area (Å²) in [6.07, 6.45) is 0.342. The fraction of sp³-hybridized carbons (Fsp3) is 0.143. The third kappa shape index (κ3) is 2.98. The Hall–Kier alpha value is -0.940. The second kappa shape index (κ2) is 4.18. The average molecular weight is 200 g/mol. The van der Waals surface area contributed by atoms with Gasteiger partial charge in [-0.1, -0.05) is 6.07 Å². The highest BCUT2D eigenvalue weighted by atomic mass is 32.1. The van der Waals surface area contributed by atoms with E-state index in [4.69, 9.17) is 5.73 Å². The first-order chi connectivity index (χ1) is 5.68. The Morgan fingerprint density at radius 1 is 1.75 bits per heavy atom. The third-order valence-electron chi connectivity index (χ3n) is 1.18. The molecule has 64 valence electrons. The largest absolute Gasteiger partial charge is 0.376 e. The zero-order chi connectivity index (χ0) is 8.97. The minimum atomic E-state index is -0.162. The number of hydrogen-bond donors (Lipinski definition) is 2. The van der Waals surface area contributed by atoms with Gasteiger partial charge in [0.15, 0.2) is 5.11 Å². The first kappa shape index (κ1) is 9.15. The van der Waals surface area contributed by atoms with Gasteiger partial charge in [-0.25, -0.2) is 0 Å². The number of carbonyl (C=O) groups excluding carboxylic acids is 1. The van der Waals surface area contributed by atoms with Crippen molar-refractivity contribution in [3.8, 4) is 0 Å². The molecule has 3 nitrogen and oxygen atoms in total. The van der Waals surface area contributed by atoms with Crippen molar-refractivity contribution >= 4 is 34.6 Å². The second-order valence-corrected chi connectivity index (χ2v) is 3.64. The molecule has 0 bridgehead atoms. The highest BCUT2D eigenvalue weighted by Gasteiger charge is 2.03. The Morgan fingerprint density at radius 2 is 2.50 bits per heavy atom. The number of hydrogen-bond acceptors (Lipinski definition) is 3. The van der Waals surface area contributed by atoms with Crippen molar-refractivity contribution in [2.75, 3.05) is 0 Å². The van der Waals surface area contributed by atoms with Crippen LogP contribution in [0, 0.1) is 0 Å². The number of thiophene rings is 1. The van der Waals surface area contributed by atoms with Crippen molar-refractivity contribution in [3.63, 3.8) is 0 Å². The van der Waals surface area contributed by atoms with E-state index in [2.05, 4.69) is 17.5 Å². The van der Waals surface area contributed by atoms with E-state index >= 15 is 0 Å². The quantitative estimate of drug-likeness (QED) is 0.689. The van der Waals surface area contributed by atoms with Gasteiger partial charge in [-0.2, -0.15) is 0 Å². The fourth-order valence-electron chi connectivity index (χ4n) is 0.753. The standard InChI is InChI=1S/C7H8N2OS2/c8-7(11)9-6(10)4-5-2-1-3-12-5/h1-3H,4H2,(H3,8,9,10,11). The topological polar surface area (TPSA) is 55.1 Å². The summed E-state index contributed by atoms with van der Waals surface area (Å²) in [6, 6.07) is 3.79. The van der Waals surface area contributed by atoms with E-state index in [0.29, 0.717) is 6.42 Å². The van der Waals surface area contributed by atoms with Crippen LogP contribution in [0.3, 0.4) is 0 Å². The van der Waals surface area contributed by atoms with Crippen LogP contribution in [-0.4, -0.2) is 11.0 Å². The zero-order valence-electron chi connectivity index (χ0n) is 6.24. The molecule has 0 atom stereocenters. The Kier molecular flexibility index (Phi) is 3.19. The molecule has 0 saturated heterocycles. The maximum Gasteiger partial charge on any atom is 0.231 e. The van der Waals surface area contributed by atoms with E-state index in [-0.39, 0.29) is 11.0 Å². The normalized spacial score (nSPS) is 9.33. The predicted molar refractivity (Wildman–Crippen MR) is 53.0 cm³/mol. The molecule has 12 heavy (non-hydrogen) atoms. The van der Waals surface area contributed by atoms with Gasteiger partial charge in [0.1, 0.15) is 0 Å². The summed E-state index contributed by atoms with van der Waals surface area (Å²) in [4.78, 5) is 12.1. The summed E-state index contributed by atoms with van der Waals surface area (Å²) < 4.78 is 0. The Balaban J connectivity index is 2.42. The predicted octanol–water partition coefficient (Wildman–Crippen LogP) is 0.650.